The van der Waals surface area contributed by atoms with Crippen LogP contribution < -0.4 is 0 Å². The van der Waals surface area contributed by atoms with Crippen molar-refractivity contribution in [2.45, 2.75) is 95.2 Å². The molecule has 4 N–H and O–H groups in total. The molecule has 0 aliphatic carbocycles. The van der Waals surface area contributed by atoms with Crippen LogP contribution in [0.25, 0.3) is 0 Å². The first-order valence-corrected chi connectivity index (χ1v) is 9.68. The fourth-order valence-electron chi connectivity index (χ4n) is 2.96. The number of hydrogen-bond acceptors (Lipinski definition) is 5. The van der Waals surface area contributed by atoms with E-state index in [-0.39, 0.29) is 6.42 Å². The Hall–Kier alpha value is -1.21. The second-order valence-electron chi connectivity index (χ2n) is 6.95. The van der Waals surface area contributed by atoms with E-state index in [2.05, 4.69) is 6.92 Å². The molecule has 1 saturated heterocycles. The average molecular weight is 370 g/mol. The number of aliphatic hydroxyl groups is 3. The van der Waals surface area contributed by atoms with Gasteiger partial charge in [-0.1, -0.05) is 50.5 Å². The number of allylic oxidation sites excluding steroid dienone is 1. The Kier molecular flexibility index (Phi) is 11.4. The van der Waals surface area contributed by atoms with Crippen LogP contribution in [0, 0.1) is 0 Å². The normalized spacial score (nSPS) is 25.9. The molecule has 0 aromatic heterocycles. The van der Waals surface area contributed by atoms with Gasteiger partial charge in [0.15, 0.2) is 0 Å². The van der Waals surface area contributed by atoms with Crippen molar-refractivity contribution in [3.63, 3.8) is 0 Å². The van der Waals surface area contributed by atoms with Crippen LogP contribution in [-0.4, -0.2) is 56.9 Å². The molecule has 26 heavy (non-hydrogen) atoms. The molecular formula is C20H34O6. The van der Waals surface area contributed by atoms with Crippen LogP contribution in [0.15, 0.2) is 24.3 Å². The zero-order valence-corrected chi connectivity index (χ0v) is 15.7. The Bertz CT molecular complexity index is 448. The molecule has 0 unspecified atom stereocenters. The molecule has 0 radical (unpaired) electrons. The summed E-state index contributed by atoms with van der Waals surface area (Å²) < 4.78 is 5.71. The molecular weight excluding hydrogens is 336 g/mol. The van der Waals surface area contributed by atoms with Crippen molar-refractivity contribution < 1.29 is 30.0 Å². The van der Waals surface area contributed by atoms with Gasteiger partial charge in [0.2, 0.25) is 0 Å². The molecule has 1 heterocycles. The van der Waals surface area contributed by atoms with Gasteiger partial charge in [-0.15, -0.1) is 0 Å². The lowest BCUT2D eigenvalue weighted by atomic mass is 10.0. The van der Waals surface area contributed by atoms with Gasteiger partial charge in [0.1, 0.15) is 6.10 Å². The number of ether oxygens (including phenoxy) is 1. The van der Waals surface area contributed by atoms with Crippen molar-refractivity contribution in [1.82, 2.24) is 0 Å². The van der Waals surface area contributed by atoms with E-state index in [1.165, 1.54) is 0 Å². The van der Waals surface area contributed by atoms with E-state index in [1.807, 2.05) is 12.2 Å². The van der Waals surface area contributed by atoms with E-state index < -0.39 is 36.5 Å². The molecule has 0 spiro atoms. The Morgan fingerprint density at radius 3 is 2.69 bits per heavy atom. The second-order valence-corrected chi connectivity index (χ2v) is 6.95. The number of rotatable bonds is 13. The summed E-state index contributed by atoms with van der Waals surface area (Å²) in [6, 6.07) is 0. The summed E-state index contributed by atoms with van der Waals surface area (Å²) in [5.74, 6) is -0.804. The van der Waals surface area contributed by atoms with Gasteiger partial charge < -0.3 is 25.2 Å². The van der Waals surface area contributed by atoms with Gasteiger partial charge in [0.05, 0.1) is 24.4 Å². The number of aliphatic hydroxyl groups excluding tert-OH is 3. The van der Waals surface area contributed by atoms with E-state index in [0.717, 1.165) is 19.3 Å². The Morgan fingerprint density at radius 2 is 2.00 bits per heavy atom. The second kappa shape index (κ2) is 13.0. The molecule has 0 saturated carbocycles. The summed E-state index contributed by atoms with van der Waals surface area (Å²) in [6.45, 7) is 2.11. The maximum atomic E-state index is 10.4. The third kappa shape index (κ3) is 9.48. The summed E-state index contributed by atoms with van der Waals surface area (Å²) in [5, 5.41) is 38.7. The first kappa shape index (κ1) is 22.8. The summed E-state index contributed by atoms with van der Waals surface area (Å²) >= 11 is 0. The van der Waals surface area contributed by atoms with Gasteiger partial charge in [0.25, 0.3) is 0 Å². The Morgan fingerprint density at radius 1 is 1.23 bits per heavy atom. The Balaban J connectivity index is 2.30. The number of aliphatic carboxylic acids is 1. The maximum Gasteiger partial charge on any atom is 0.303 e. The minimum atomic E-state index is -0.804. The van der Waals surface area contributed by atoms with Crippen LogP contribution in [0.5, 0.6) is 0 Å². The molecule has 0 aromatic carbocycles. The third-order valence-corrected chi connectivity index (χ3v) is 4.55. The molecule has 1 aliphatic rings. The van der Waals surface area contributed by atoms with Gasteiger partial charge >= 0.3 is 5.97 Å². The smallest absolute Gasteiger partial charge is 0.303 e. The van der Waals surface area contributed by atoms with Crippen molar-refractivity contribution in [2.24, 2.45) is 0 Å². The van der Waals surface area contributed by atoms with Crippen molar-refractivity contribution in [3.8, 4) is 0 Å². The molecule has 0 bridgehead atoms. The summed E-state index contributed by atoms with van der Waals surface area (Å²) in [7, 11) is 0. The third-order valence-electron chi connectivity index (χ3n) is 4.55. The molecule has 1 aliphatic heterocycles. The number of carboxylic acid groups (broad SMARTS) is 1. The number of carboxylic acids is 1. The van der Waals surface area contributed by atoms with Crippen molar-refractivity contribution >= 4 is 5.97 Å². The predicted molar refractivity (Wildman–Crippen MR) is 99.8 cm³/mol. The monoisotopic (exact) mass is 370 g/mol. The van der Waals surface area contributed by atoms with Gasteiger partial charge in [-0.25, -0.2) is 0 Å². The molecule has 150 valence electrons. The van der Waals surface area contributed by atoms with E-state index in [9.17, 15) is 20.1 Å². The lowest BCUT2D eigenvalue weighted by Crippen LogP contribution is -2.25. The van der Waals surface area contributed by atoms with Crippen LogP contribution in [-0.2, 0) is 9.53 Å². The fourth-order valence-corrected chi connectivity index (χ4v) is 2.96. The first-order chi connectivity index (χ1) is 12.4. The highest BCUT2D eigenvalue weighted by molar-refractivity contribution is 5.66. The summed E-state index contributed by atoms with van der Waals surface area (Å²) in [5.41, 5.74) is 0. The SMILES string of the molecule is CCCCC[C@H](O)/C=C/[C@@H]1O[C@H]([C@@H](O)C/C=C\CCCC(=O)O)C[C@H]1O. The highest BCUT2D eigenvalue weighted by atomic mass is 16.5. The van der Waals surface area contributed by atoms with Crippen LogP contribution in [0.1, 0.15) is 64.7 Å². The zero-order chi connectivity index (χ0) is 19.4. The first-order valence-electron chi connectivity index (χ1n) is 9.68. The van der Waals surface area contributed by atoms with Crippen molar-refractivity contribution in [1.29, 1.82) is 0 Å². The number of carbonyl (C=O) groups is 1. The summed E-state index contributed by atoms with van der Waals surface area (Å²) in [6.07, 6.45) is 10.2. The molecule has 1 rings (SSSR count). The average Bonchev–Trinajstić information content (AvgIpc) is 2.97. The lowest BCUT2D eigenvalue weighted by Gasteiger charge is -2.16. The van der Waals surface area contributed by atoms with E-state index in [4.69, 9.17) is 9.84 Å². The minimum Gasteiger partial charge on any atom is -0.481 e. The predicted octanol–water partition coefficient (Wildman–Crippen LogP) is 2.56. The van der Waals surface area contributed by atoms with E-state index >= 15 is 0 Å². The quantitative estimate of drug-likeness (QED) is 0.293. The van der Waals surface area contributed by atoms with Crippen molar-refractivity contribution in [2.75, 3.05) is 0 Å². The topological polar surface area (TPSA) is 107 Å². The fraction of sp³-hybridized carbons (Fsp3) is 0.750. The van der Waals surface area contributed by atoms with Crippen molar-refractivity contribution in [3.05, 3.63) is 24.3 Å². The van der Waals surface area contributed by atoms with Crippen LogP contribution >= 0.6 is 0 Å². The largest absolute Gasteiger partial charge is 0.481 e. The van der Waals surface area contributed by atoms with Crippen LogP contribution in [0.3, 0.4) is 0 Å². The molecule has 6 heteroatoms. The van der Waals surface area contributed by atoms with Crippen LogP contribution in [0.2, 0.25) is 0 Å². The minimum absolute atomic E-state index is 0.142. The zero-order valence-electron chi connectivity index (χ0n) is 15.7. The molecule has 1 fully saturated rings. The Labute approximate surface area is 156 Å². The molecule has 0 aromatic rings. The standard InChI is InChI=1S/C20H34O6/c1-2-3-6-9-15(21)12-13-18-17(23)14-19(26-18)16(22)10-7-4-5-8-11-20(24)25/h4,7,12-13,15-19,21-23H,2-3,5-6,8-11,14H2,1H3,(H,24,25)/b7-4-,13-12+/t15-,16-,17+,18-,19-/m0/s1. The van der Waals surface area contributed by atoms with Gasteiger partial charge in [-0.2, -0.15) is 0 Å². The summed E-state index contributed by atoms with van der Waals surface area (Å²) in [4.78, 5) is 10.4. The van der Waals surface area contributed by atoms with Gasteiger partial charge in [-0.05, 0) is 25.7 Å². The van der Waals surface area contributed by atoms with Gasteiger partial charge in [-0.3, -0.25) is 4.79 Å². The van der Waals surface area contributed by atoms with E-state index in [0.29, 0.717) is 32.1 Å². The van der Waals surface area contributed by atoms with Crippen LogP contribution in [0.4, 0.5) is 0 Å². The molecule has 5 atom stereocenters. The number of unbranched alkanes of at least 4 members (excludes halogenated alkanes) is 3. The highest BCUT2D eigenvalue weighted by Gasteiger charge is 2.35. The molecule has 6 nitrogen and oxygen atoms in total. The maximum absolute atomic E-state index is 10.4. The van der Waals surface area contributed by atoms with Gasteiger partial charge in [0, 0.05) is 12.8 Å². The molecule has 0 amide bonds. The van der Waals surface area contributed by atoms with E-state index in [1.54, 1.807) is 12.2 Å². The lowest BCUT2D eigenvalue weighted by molar-refractivity contribution is -0.137. The number of hydrogen-bond donors (Lipinski definition) is 4. The highest BCUT2D eigenvalue weighted by Crippen LogP contribution is 2.25.